The van der Waals surface area contributed by atoms with Crippen LogP contribution in [0.1, 0.15) is 41.5 Å². The van der Waals surface area contributed by atoms with Crippen LogP contribution in [0.3, 0.4) is 0 Å². The van der Waals surface area contributed by atoms with Gasteiger partial charge in [0.15, 0.2) is 5.13 Å². The average Bonchev–Trinajstić information content (AvgIpc) is 3.50. The van der Waals surface area contributed by atoms with Crippen molar-refractivity contribution in [3.8, 4) is 5.75 Å². The predicted octanol–water partition coefficient (Wildman–Crippen LogP) is 4.38. The molecule has 172 valence electrons. The topological polar surface area (TPSA) is 147 Å². The van der Waals surface area contributed by atoms with Crippen molar-refractivity contribution in [3.05, 3.63) is 63.0 Å². The molecule has 3 aromatic rings. The van der Waals surface area contributed by atoms with Crippen LogP contribution < -0.4 is 10.1 Å². The number of rotatable bonds is 7. The van der Waals surface area contributed by atoms with E-state index in [2.05, 4.69) is 15.5 Å². The molecule has 0 saturated heterocycles. The molecule has 0 aliphatic heterocycles. The van der Waals surface area contributed by atoms with Crippen LogP contribution in [0, 0.1) is 17.0 Å². The summed E-state index contributed by atoms with van der Waals surface area (Å²) in [6.07, 6.45) is 2.73. The lowest BCUT2D eigenvalue weighted by atomic mass is 10.1. The molecule has 4 rings (SSSR count). The van der Waals surface area contributed by atoms with Crippen LogP contribution in [0.2, 0.25) is 0 Å². The smallest absolute Gasteiger partial charge is 0.431 e. The summed E-state index contributed by atoms with van der Waals surface area (Å²) in [7, 11) is 0. The molecule has 11 nitrogen and oxygen atoms in total. The number of hydrogen-bond acceptors (Lipinski definition) is 10. The number of nitro benzene ring substituents is 1. The van der Waals surface area contributed by atoms with E-state index >= 15 is 0 Å². The Bertz CT molecular complexity index is 1160. The van der Waals surface area contributed by atoms with Crippen LogP contribution >= 0.6 is 11.3 Å². The summed E-state index contributed by atoms with van der Waals surface area (Å²) in [4.78, 5) is 39.6. The summed E-state index contributed by atoms with van der Waals surface area (Å²) in [6, 6.07) is 6.89. The van der Waals surface area contributed by atoms with E-state index in [1.165, 1.54) is 35.6 Å². The van der Waals surface area contributed by atoms with Crippen molar-refractivity contribution in [2.75, 3.05) is 5.32 Å². The number of nitrogens with zero attached hydrogens (tertiary/aromatic N) is 3. The van der Waals surface area contributed by atoms with Crippen LogP contribution in [0.5, 0.6) is 5.75 Å². The van der Waals surface area contributed by atoms with Gasteiger partial charge in [-0.3, -0.25) is 14.9 Å². The third-order valence-electron chi connectivity index (χ3n) is 5.08. The molecule has 0 unspecified atom stereocenters. The second kappa shape index (κ2) is 9.77. The molecule has 1 amide bonds. The molecule has 0 bridgehead atoms. The van der Waals surface area contributed by atoms with Gasteiger partial charge in [-0.2, -0.15) is 0 Å². The van der Waals surface area contributed by atoms with Crippen LogP contribution in [-0.4, -0.2) is 33.2 Å². The number of carbonyl (C=O) groups is 2. The monoisotopic (exact) mass is 472 g/mol. The van der Waals surface area contributed by atoms with Gasteiger partial charge in [-0.15, -0.1) is 11.3 Å². The van der Waals surface area contributed by atoms with Crippen molar-refractivity contribution in [2.45, 2.75) is 44.6 Å². The lowest BCUT2D eigenvalue weighted by Gasteiger charge is -2.12. The molecule has 1 saturated carbocycles. The second-order valence-corrected chi connectivity index (χ2v) is 8.64. The third kappa shape index (κ3) is 5.92. The second-order valence-electron chi connectivity index (χ2n) is 7.58. The summed E-state index contributed by atoms with van der Waals surface area (Å²) in [6.45, 7) is 1.78. The average molecular weight is 472 g/mol. The van der Waals surface area contributed by atoms with Crippen molar-refractivity contribution in [1.29, 1.82) is 0 Å². The number of thiazole rings is 1. The molecule has 33 heavy (non-hydrogen) atoms. The maximum atomic E-state index is 12.2. The molecule has 2 atom stereocenters. The minimum atomic E-state index is -0.852. The van der Waals surface area contributed by atoms with Gasteiger partial charge in [0.05, 0.1) is 17.0 Å². The number of aryl methyl sites for hydroxylation is 1. The first-order valence-corrected chi connectivity index (χ1v) is 11.0. The Balaban J connectivity index is 1.25. The number of amides is 1. The maximum Gasteiger partial charge on any atom is 0.514 e. The highest BCUT2D eigenvalue weighted by atomic mass is 32.1. The first-order valence-electron chi connectivity index (χ1n) is 10.2. The zero-order valence-corrected chi connectivity index (χ0v) is 18.4. The summed E-state index contributed by atoms with van der Waals surface area (Å²) >= 11 is 1.39. The van der Waals surface area contributed by atoms with E-state index in [1.54, 1.807) is 19.2 Å². The molecule has 2 heterocycles. The normalized spacial score (nSPS) is 17.5. The van der Waals surface area contributed by atoms with Gasteiger partial charge in [0.25, 0.3) is 5.69 Å². The summed E-state index contributed by atoms with van der Waals surface area (Å²) < 4.78 is 15.5. The van der Waals surface area contributed by atoms with Gasteiger partial charge in [0.2, 0.25) is 5.91 Å². The van der Waals surface area contributed by atoms with Crippen molar-refractivity contribution < 1.29 is 28.5 Å². The van der Waals surface area contributed by atoms with E-state index < -0.39 is 11.1 Å². The van der Waals surface area contributed by atoms with Gasteiger partial charge in [-0.05, 0) is 44.2 Å². The molecule has 0 spiro atoms. The summed E-state index contributed by atoms with van der Waals surface area (Å²) in [5, 5.41) is 17.7. The first-order chi connectivity index (χ1) is 15.9. The standard InChI is InChI=1S/C21H20N4O7S/c1-12-8-17(32-24-12)10-19(26)23-20-22-11-18(33-20)13-2-5-16(9-13)31-21(27)30-15-6-3-14(4-7-15)25(28)29/h3-4,6-8,11,13,16H,2,5,9-10H2,1H3,(H,22,23,26)/t13-,16+/m1/s1. The third-order valence-corrected chi connectivity index (χ3v) is 6.16. The van der Waals surface area contributed by atoms with Crippen molar-refractivity contribution in [2.24, 2.45) is 0 Å². The van der Waals surface area contributed by atoms with Crippen molar-refractivity contribution >= 4 is 34.2 Å². The molecule has 0 radical (unpaired) electrons. The number of aromatic nitrogens is 2. The number of hydrogen-bond donors (Lipinski definition) is 1. The zero-order valence-electron chi connectivity index (χ0n) is 17.6. The fraction of sp³-hybridized carbons (Fsp3) is 0.333. The molecular formula is C21H20N4O7S. The highest BCUT2D eigenvalue weighted by Crippen LogP contribution is 2.39. The first kappa shape index (κ1) is 22.4. The van der Waals surface area contributed by atoms with E-state index in [4.69, 9.17) is 14.0 Å². The lowest BCUT2D eigenvalue weighted by molar-refractivity contribution is -0.384. The van der Waals surface area contributed by atoms with Crippen LogP contribution in [0.15, 0.2) is 41.1 Å². The Morgan fingerprint density at radius 3 is 2.79 bits per heavy atom. The van der Waals surface area contributed by atoms with Gasteiger partial charge in [-0.1, -0.05) is 5.16 Å². The van der Waals surface area contributed by atoms with Crippen LogP contribution in [-0.2, 0) is 16.0 Å². The minimum absolute atomic E-state index is 0.0754. The number of nitro groups is 1. The maximum absolute atomic E-state index is 12.2. The van der Waals surface area contributed by atoms with E-state index in [9.17, 15) is 19.7 Å². The van der Waals surface area contributed by atoms with E-state index in [0.29, 0.717) is 29.4 Å². The number of benzene rings is 1. The van der Waals surface area contributed by atoms with Gasteiger partial charge < -0.3 is 19.3 Å². The molecule has 1 aromatic carbocycles. The summed E-state index contributed by atoms with van der Waals surface area (Å²) in [5.74, 6) is 0.567. The number of ether oxygens (including phenoxy) is 2. The number of nitrogens with one attached hydrogen (secondary N) is 1. The molecule has 1 aliphatic rings. The minimum Gasteiger partial charge on any atom is -0.431 e. The molecule has 2 aromatic heterocycles. The van der Waals surface area contributed by atoms with Gasteiger partial charge in [0, 0.05) is 29.3 Å². The van der Waals surface area contributed by atoms with Gasteiger partial charge in [-0.25, -0.2) is 9.78 Å². The molecule has 1 N–H and O–H groups in total. The largest absolute Gasteiger partial charge is 0.514 e. The van der Waals surface area contributed by atoms with Crippen molar-refractivity contribution in [3.63, 3.8) is 0 Å². The highest BCUT2D eigenvalue weighted by Gasteiger charge is 2.30. The lowest BCUT2D eigenvalue weighted by Crippen LogP contribution is -2.18. The van der Waals surface area contributed by atoms with Crippen LogP contribution in [0.25, 0.3) is 0 Å². The van der Waals surface area contributed by atoms with Crippen molar-refractivity contribution in [1.82, 2.24) is 10.1 Å². The molecular weight excluding hydrogens is 452 g/mol. The van der Waals surface area contributed by atoms with E-state index in [-0.39, 0.29) is 35.8 Å². The number of anilines is 1. The van der Waals surface area contributed by atoms with E-state index in [0.717, 1.165) is 11.3 Å². The number of carbonyl (C=O) groups excluding carboxylic acids is 2. The van der Waals surface area contributed by atoms with Gasteiger partial charge in [0.1, 0.15) is 17.6 Å². The Kier molecular flexibility index (Phi) is 6.63. The number of non-ortho nitro benzene ring substituents is 1. The molecule has 12 heteroatoms. The molecule has 1 fully saturated rings. The van der Waals surface area contributed by atoms with Gasteiger partial charge >= 0.3 is 6.16 Å². The Morgan fingerprint density at radius 2 is 2.09 bits per heavy atom. The SMILES string of the molecule is Cc1cc(CC(=O)Nc2ncc([C@@H]3CC[C@H](OC(=O)Oc4ccc([N+](=O)[O-])cc4)C3)s2)on1. The predicted molar refractivity (Wildman–Crippen MR) is 116 cm³/mol. The summed E-state index contributed by atoms with van der Waals surface area (Å²) in [5.41, 5.74) is 0.617. The molecule has 1 aliphatic carbocycles. The Hall–Kier alpha value is -3.80. The van der Waals surface area contributed by atoms with Crippen LogP contribution in [0.4, 0.5) is 15.6 Å². The Labute approximate surface area is 191 Å². The fourth-order valence-electron chi connectivity index (χ4n) is 3.55. The highest BCUT2D eigenvalue weighted by molar-refractivity contribution is 7.15. The quantitative estimate of drug-likeness (QED) is 0.229. The van der Waals surface area contributed by atoms with E-state index in [1.807, 2.05) is 0 Å². The fourth-order valence-corrected chi connectivity index (χ4v) is 4.53. The zero-order chi connectivity index (χ0) is 23.4. The Morgan fingerprint density at radius 1 is 1.30 bits per heavy atom.